The molecule has 4 aliphatic carbocycles. The maximum atomic E-state index is 13.5. The van der Waals surface area contributed by atoms with E-state index >= 15 is 0 Å². The lowest BCUT2D eigenvalue weighted by molar-refractivity contribution is -0.150. The Balaban J connectivity index is 1.42. The first-order valence-corrected chi connectivity index (χ1v) is 10.4. The molecule has 4 atom stereocenters. The number of anilines is 2. The number of nitrogens with zero attached hydrogens (tertiary/aromatic N) is 4. The van der Waals surface area contributed by atoms with Gasteiger partial charge in [0.15, 0.2) is 0 Å². The number of hydrogen-bond donors (Lipinski definition) is 1. The van der Waals surface area contributed by atoms with Crippen LogP contribution in [0.5, 0.6) is 0 Å². The number of carbonyl (C=O) groups is 1. The van der Waals surface area contributed by atoms with Gasteiger partial charge in [0.25, 0.3) is 0 Å². The molecule has 28 heavy (non-hydrogen) atoms. The highest BCUT2D eigenvalue weighted by molar-refractivity contribution is 6.28. The van der Waals surface area contributed by atoms with E-state index in [0.29, 0.717) is 11.8 Å². The first kappa shape index (κ1) is 18.0. The van der Waals surface area contributed by atoms with Crippen molar-refractivity contribution in [2.45, 2.75) is 44.1 Å². The van der Waals surface area contributed by atoms with E-state index < -0.39 is 0 Å². The van der Waals surface area contributed by atoms with Gasteiger partial charge in [0.2, 0.25) is 11.2 Å². The summed E-state index contributed by atoms with van der Waals surface area (Å²) in [5.41, 5.74) is 1.55. The number of aromatic nitrogens is 3. The highest BCUT2D eigenvalue weighted by Gasteiger charge is 2.61. The molecule has 2 unspecified atom stereocenters. The highest BCUT2D eigenvalue weighted by atomic mass is 35.5. The van der Waals surface area contributed by atoms with E-state index in [4.69, 9.17) is 11.6 Å². The third-order valence-electron chi connectivity index (χ3n) is 7.10. The molecule has 0 saturated heterocycles. The summed E-state index contributed by atoms with van der Waals surface area (Å²) in [5.74, 6) is 1.31. The molecule has 1 N–H and O–H groups in total. The van der Waals surface area contributed by atoms with Gasteiger partial charge in [0.05, 0.1) is 11.0 Å². The average Bonchev–Trinajstić information content (AvgIpc) is 3.08. The largest absolute Gasteiger partial charge is 0.378 e. The zero-order valence-electron chi connectivity index (χ0n) is 16.4. The number of hydrogen-bond acceptors (Lipinski definition) is 4. The van der Waals surface area contributed by atoms with Crippen LogP contribution in [0.15, 0.2) is 30.6 Å². The van der Waals surface area contributed by atoms with E-state index in [0.717, 1.165) is 43.5 Å². The van der Waals surface area contributed by atoms with Crippen molar-refractivity contribution in [1.82, 2.24) is 14.8 Å². The monoisotopic (exact) mass is 399 g/mol. The van der Waals surface area contributed by atoms with E-state index in [1.54, 1.807) is 6.33 Å². The molecule has 148 valence electrons. The molecule has 4 saturated carbocycles. The third-order valence-corrected chi connectivity index (χ3v) is 7.28. The van der Waals surface area contributed by atoms with Crippen molar-refractivity contribution in [3.05, 3.63) is 35.9 Å². The summed E-state index contributed by atoms with van der Waals surface area (Å²) >= 11 is 6.01. The minimum Gasteiger partial charge on any atom is -0.378 e. The Hall–Kier alpha value is -2.08. The summed E-state index contributed by atoms with van der Waals surface area (Å²) in [6.07, 6.45) is 7.93. The first-order chi connectivity index (χ1) is 13.4. The highest BCUT2D eigenvalue weighted by Crippen LogP contribution is 2.64. The fraction of sp³-hybridized carbons (Fsp3) is 0.571. The molecular weight excluding hydrogens is 374 g/mol. The van der Waals surface area contributed by atoms with E-state index in [2.05, 4.69) is 20.3 Å². The molecular formula is C21H26ClN5O. The zero-order valence-corrected chi connectivity index (χ0v) is 17.1. The van der Waals surface area contributed by atoms with Gasteiger partial charge in [-0.05, 0) is 86.2 Å². The van der Waals surface area contributed by atoms with Crippen molar-refractivity contribution in [2.24, 2.45) is 17.3 Å². The van der Waals surface area contributed by atoms with Crippen molar-refractivity contribution in [3.63, 3.8) is 0 Å². The fourth-order valence-corrected chi connectivity index (χ4v) is 6.45. The molecule has 2 aromatic rings. The zero-order chi connectivity index (χ0) is 19.5. The van der Waals surface area contributed by atoms with Crippen LogP contribution < -0.4 is 10.2 Å². The van der Waals surface area contributed by atoms with E-state index in [-0.39, 0.29) is 22.1 Å². The average molecular weight is 400 g/mol. The third kappa shape index (κ3) is 2.81. The van der Waals surface area contributed by atoms with Gasteiger partial charge in [-0.25, -0.2) is 9.67 Å². The van der Waals surface area contributed by atoms with Crippen LogP contribution in [0.25, 0.3) is 0 Å². The molecule has 4 bridgehead atoms. The number of carbonyl (C=O) groups excluding carboxylic acids is 1. The fourth-order valence-electron chi connectivity index (χ4n) is 6.33. The second-order valence-electron chi connectivity index (χ2n) is 9.32. The minimum absolute atomic E-state index is 0.115. The molecule has 1 aromatic carbocycles. The van der Waals surface area contributed by atoms with Crippen LogP contribution in [0.2, 0.25) is 5.28 Å². The number of benzene rings is 1. The van der Waals surface area contributed by atoms with Gasteiger partial charge in [-0.2, -0.15) is 0 Å². The van der Waals surface area contributed by atoms with Gasteiger partial charge < -0.3 is 10.2 Å². The molecule has 0 spiro atoms. The Morgan fingerprint density at radius 2 is 1.86 bits per heavy atom. The summed E-state index contributed by atoms with van der Waals surface area (Å²) < 4.78 is 1.96. The number of nitrogens with one attached hydrogen (secondary N) is 1. The van der Waals surface area contributed by atoms with Crippen molar-refractivity contribution in [2.75, 3.05) is 24.3 Å². The first-order valence-electron chi connectivity index (χ1n) is 10.0. The smallest absolute Gasteiger partial charge is 0.242 e. The Morgan fingerprint density at radius 1 is 1.18 bits per heavy atom. The van der Waals surface area contributed by atoms with Crippen LogP contribution in [-0.2, 0) is 10.3 Å². The normalized spacial score (nSPS) is 33.1. The van der Waals surface area contributed by atoms with Crippen LogP contribution in [0.1, 0.15) is 38.5 Å². The number of amides is 1. The summed E-state index contributed by atoms with van der Waals surface area (Å²) in [7, 11) is 4.03. The van der Waals surface area contributed by atoms with E-state index in [1.807, 2.05) is 43.0 Å². The quantitative estimate of drug-likeness (QED) is 0.846. The van der Waals surface area contributed by atoms with Gasteiger partial charge in [0.1, 0.15) is 6.33 Å². The van der Waals surface area contributed by atoms with Crippen molar-refractivity contribution < 1.29 is 4.79 Å². The lowest BCUT2D eigenvalue weighted by atomic mass is 9.46. The lowest BCUT2D eigenvalue weighted by Gasteiger charge is -2.60. The van der Waals surface area contributed by atoms with Gasteiger partial charge in [-0.15, -0.1) is 5.10 Å². The van der Waals surface area contributed by atoms with Crippen molar-refractivity contribution >= 4 is 28.9 Å². The van der Waals surface area contributed by atoms with Gasteiger partial charge in [0, 0.05) is 25.5 Å². The maximum Gasteiger partial charge on any atom is 0.242 e. The van der Waals surface area contributed by atoms with Crippen molar-refractivity contribution in [3.8, 4) is 0 Å². The Morgan fingerprint density at radius 3 is 2.43 bits per heavy atom. The van der Waals surface area contributed by atoms with Crippen LogP contribution in [0, 0.1) is 17.3 Å². The molecule has 7 heteroatoms. The summed E-state index contributed by atoms with van der Waals surface area (Å²) in [6, 6.07) is 8.05. The molecule has 4 fully saturated rings. The predicted octanol–water partition coefficient (Wildman–Crippen LogP) is 3.93. The van der Waals surface area contributed by atoms with E-state index in [1.165, 1.54) is 6.42 Å². The van der Waals surface area contributed by atoms with Crippen LogP contribution in [0.3, 0.4) is 0 Å². The number of rotatable bonds is 4. The predicted molar refractivity (Wildman–Crippen MR) is 110 cm³/mol. The van der Waals surface area contributed by atoms with Crippen LogP contribution >= 0.6 is 11.6 Å². The molecule has 0 aliphatic heterocycles. The minimum atomic E-state index is -0.317. The lowest BCUT2D eigenvalue weighted by Crippen LogP contribution is -2.60. The van der Waals surface area contributed by atoms with Crippen LogP contribution in [0.4, 0.5) is 11.4 Å². The van der Waals surface area contributed by atoms with E-state index in [9.17, 15) is 4.79 Å². The molecule has 4 aliphatic rings. The standard InChI is InChI=1S/C21H26ClN5O/c1-26(2)17-5-3-16(4-6-17)24-18(28)20-8-14-7-15(9-20)11-21(10-14,12-20)27-13-23-19(22)25-27/h3-6,13-15H,7-12H2,1-2H3,(H,24,28)/t14-,15+,20?,21?. The van der Waals surface area contributed by atoms with Crippen LogP contribution in [-0.4, -0.2) is 34.8 Å². The molecule has 0 radical (unpaired) electrons. The number of halogens is 1. The molecule has 6 nitrogen and oxygen atoms in total. The Bertz CT molecular complexity index is 892. The SMILES string of the molecule is CN(C)c1ccc(NC(=O)C23C[C@H]4C[C@@H](C2)CC(n2cnc(Cl)n2)(C4)C3)cc1. The van der Waals surface area contributed by atoms with Gasteiger partial charge in [-0.3, -0.25) is 4.79 Å². The summed E-state index contributed by atoms with van der Waals surface area (Å²) in [5, 5.41) is 7.93. The molecule has 1 aromatic heterocycles. The van der Waals surface area contributed by atoms with Gasteiger partial charge in [-0.1, -0.05) is 0 Å². The Labute approximate surface area is 170 Å². The second kappa shape index (κ2) is 6.21. The Kier molecular flexibility index (Phi) is 3.99. The molecule has 6 rings (SSSR count). The molecule has 1 amide bonds. The maximum absolute atomic E-state index is 13.5. The van der Waals surface area contributed by atoms with Crippen molar-refractivity contribution in [1.29, 1.82) is 0 Å². The van der Waals surface area contributed by atoms with Gasteiger partial charge >= 0.3 is 0 Å². The summed E-state index contributed by atoms with van der Waals surface area (Å²) in [4.78, 5) is 19.7. The topological polar surface area (TPSA) is 63.1 Å². The second-order valence-corrected chi connectivity index (χ2v) is 9.66. The molecule has 1 heterocycles. The summed E-state index contributed by atoms with van der Waals surface area (Å²) in [6.45, 7) is 0.